The number of carbonyl (C=O) groups excluding carboxylic acids is 1. The maximum absolute atomic E-state index is 12.2. The number of carbonyl (C=O) groups is 1. The number of benzene rings is 2. The molecule has 0 atom stereocenters. The molecular weight excluding hydrogens is 522 g/mol. The Morgan fingerprint density at radius 3 is 2.59 bits per heavy atom. The zero-order valence-corrected chi connectivity index (χ0v) is 23.8. The number of nitrogens with zero attached hydrogens (tertiary/aromatic N) is 3. The summed E-state index contributed by atoms with van der Waals surface area (Å²) in [5, 5.41) is 3.34. The Kier molecular flexibility index (Phi) is 9.94. The summed E-state index contributed by atoms with van der Waals surface area (Å²) in [6.07, 6.45) is 0.171. The summed E-state index contributed by atoms with van der Waals surface area (Å²) in [5.41, 5.74) is 7.80. The van der Waals surface area contributed by atoms with E-state index in [-0.39, 0.29) is 11.6 Å². The largest absolute Gasteiger partial charge is 0.493 e. The number of amides is 1. The van der Waals surface area contributed by atoms with Crippen LogP contribution >= 0.6 is 11.8 Å². The lowest BCUT2D eigenvalue weighted by atomic mass is 10.0. The number of aryl methyl sites for hydroxylation is 1. The quantitative estimate of drug-likeness (QED) is 0.178. The van der Waals surface area contributed by atoms with Gasteiger partial charge in [0.25, 0.3) is 4.92 Å². The molecule has 0 unspecified atom stereocenters. The molecule has 0 saturated heterocycles. The van der Waals surface area contributed by atoms with Gasteiger partial charge in [0.2, 0.25) is 11.7 Å². The minimum absolute atomic E-state index is 0.0994. The number of anilines is 1. The number of ether oxygens (including phenoxy) is 3. The average molecular weight is 557 g/mol. The van der Waals surface area contributed by atoms with Crippen molar-refractivity contribution in [1.29, 1.82) is 0 Å². The molecule has 0 fully saturated rings. The highest BCUT2D eigenvalue weighted by atomic mass is 32.2. The molecule has 0 bridgehead atoms. The standard InChI is InChI=1S/C27H33N5O6S/c1-17-13-23(35-5)22(32(34)36-6)15-20(17)21-16-24(31-25(28)30-21)39-19-10-7-9-18(14-19)37-12-8-11-29-26(33)38-27(2,3)4/h7,9-10,13-16H,8,11-12H2,1-6H3,(H2-,28,29,30,31,33)/p+1. The summed E-state index contributed by atoms with van der Waals surface area (Å²) in [6, 6.07) is 12.8. The normalized spacial score (nSPS) is 11.0. The molecule has 208 valence electrons. The summed E-state index contributed by atoms with van der Waals surface area (Å²) < 4.78 is 16.4. The molecule has 2 aromatic carbocycles. The molecule has 1 heterocycles. The predicted molar refractivity (Wildman–Crippen MR) is 148 cm³/mol. The fourth-order valence-corrected chi connectivity index (χ4v) is 4.37. The van der Waals surface area contributed by atoms with E-state index in [1.807, 2.05) is 52.0 Å². The van der Waals surface area contributed by atoms with Crippen LogP contribution in [0.25, 0.3) is 11.3 Å². The van der Waals surface area contributed by atoms with Crippen LogP contribution in [0.1, 0.15) is 32.8 Å². The van der Waals surface area contributed by atoms with E-state index in [2.05, 4.69) is 15.3 Å². The van der Waals surface area contributed by atoms with Crippen molar-refractivity contribution >= 4 is 29.5 Å². The zero-order valence-electron chi connectivity index (χ0n) is 22.9. The van der Waals surface area contributed by atoms with Crippen molar-refractivity contribution in [3.05, 3.63) is 52.9 Å². The van der Waals surface area contributed by atoms with Crippen LogP contribution in [0.2, 0.25) is 0 Å². The first-order valence-corrected chi connectivity index (χ1v) is 13.0. The molecule has 1 aromatic heterocycles. The van der Waals surface area contributed by atoms with Gasteiger partial charge in [0, 0.05) is 23.1 Å². The number of hydrogen-bond donors (Lipinski definition) is 2. The molecule has 3 N–H and O–H groups in total. The number of rotatable bonds is 11. The Hall–Kier alpha value is -4.06. The van der Waals surface area contributed by atoms with Gasteiger partial charge in [-0.15, -0.1) is 0 Å². The van der Waals surface area contributed by atoms with Gasteiger partial charge in [0.15, 0.2) is 7.11 Å². The Labute approximate surface area is 231 Å². The van der Waals surface area contributed by atoms with E-state index < -0.39 is 11.7 Å². The van der Waals surface area contributed by atoms with E-state index in [1.165, 1.54) is 26.0 Å². The molecule has 3 aromatic rings. The number of alkyl carbamates (subject to hydrolysis) is 1. The maximum atomic E-state index is 12.2. The summed E-state index contributed by atoms with van der Waals surface area (Å²) in [5.74, 6) is 1.16. The highest BCUT2D eigenvalue weighted by molar-refractivity contribution is 7.99. The van der Waals surface area contributed by atoms with Gasteiger partial charge in [-0.3, -0.25) is 0 Å². The van der Waals surface area contributed by atoms with Crippen LogP contribution in [0.5, 0.6) is 11.5 Å². The molecule has 0 spiro atoms. The predicted octanol–water partition coefficient (Wildman–Crippen LogP) is 5.46. The maximum Gasteiger partial charge on any atom is 0.407 e. The van der Waals surface area contributed by atoms with Crippen molar-refractivity contribution in [3.8, 4) is 22.8 Å². The van der Waals surface area contributed by atoms with Crippen LogP contribution in [0.4, 0.5) is 16.4 Å². The monoisotopic (exact) mass is 556 g/mol. The van der Waals surface area contributed by atoms with Gasteiger partial charge in [-0.1, -0.05) is 17.8 Å². The van der Waals surface area contributed by atoms with E-state index in [9.17, 15) is 9.70 Å². The smallest absolute Gasteiger partial charge is 0.407 e. The van der Waals surface area contributed by atoms with Crippen LogP contribution < -0.4 is 20.5 Å². The van der Waals surface area contributed by atoms with E-state index in [4.69, 9.17) is 24.8 Å². The molecule has 39 heavy (non-hydrogen) atoms. The van der Waals surface area contributed by atoms with Gasteiger partial charge in [0.05, 0.1) is 24.3 Å². The number of nitrogen functional groups attached to an aromatic ring is 1. The summed E-state index contributed by atoms with van der Waals surface area (Å²) in [4.78, 5) is 38.8. The van der Waals surface area contributed by atoms with Gasteiger partial charge in [-0.25, -0.2) is 19.6 Å². The fraction of sp³-hybridized carbons (Fsp3) is 0.370. The molecule has 12 heteroatoms. The molecular formula is C27H34N5O6S+. The number of hydrogen-bond acceptors (Lipinski definition) is 10. The first-order chi connectivity index (χ1) is 18.5. The second kappa shape index (κ2) is 13.1. The van der Waals surface area contributed by atoms with Crippen LogP contribution in [-0.4, -0.2) is 54.0 Å². The van der Waals surface area contributed by atoms with Crippen LogP contribution in [0.3, 0.4) is 0 Å². The number of nitrogens with two attached hydrogens (primary N) is 1. The third-order valence-corrected chi connectivity index (χ3v) is 6.08. The van der Waals surface area contributed by atoms with Crippen molar-refractivity contribution in [3.63, 3.8) is 0 Å². The van der Waals surface area contributed by atoms with Crippen molar-refractivity contribution in [2.24, 2.45) is 0 Å². The highest BCUT2D eigenvalue weighted by Gasteiger charge is 2.25. The van der Waals surface area contributed by atoms with Gasteiger partial charge in [0.1, 0.15) is 16.4 Å². The van der Waals surface area contributed by atoms with Crippen LogP contribution in [0, 0.1) is 11.8 Å². The minimum Gasteiger partial charge on any atom is -0.493 e. The summed E-state index contributed by atoms with van der Waals surface area (Å²) >= 11 is 1.40. The Balaban J connectivity index is 1.69. The number of nitrogens with one attached hydrogen (secondary N) is 1. The lowest BCUT2D eigenvalue weighted by Crippen LogP contribution is -2.33. The van der Waals surface area contributed by atoms with E-state index in [0.29, 0.717) is 52.3 Å². The first-order valence-electron chi connectivity index (χ1n) is 12.2. The highest BCUT2D eigenvalue weighted by Crippen LogP contribution is 2.37. The van der Waals surface area contributed by atoms with Crippen molar-refractivity contribution in [2.45, 2.75) is 49.6 Å². The summed E-state index contributed by atoms with van der Waals surface area (Å²) in [7, 11) is 2.76. The van der Waals surface area contributed by atoms with Crippen molar-refractivity contribution in [2.75, 3.05) is 33.1 Å². The van der Waals surface area contributed by atoms with Crippen LogP contribution in [-0.2, 0) is 9.57 Å². The molecule has 0 saturated carbocycles. The van der Waals surface area contributed by atoms with Crippen molar-refractivity contribution in [1.82, 2.24) is 15.3 Å². The zero-order chi connectivity index (χ0) is 28.6. The molecule has 1 amide bonds. The molecule has 11 nitrogen and oxygen atoms in total. The molecule has 0 aliphatic carbocycles. The van der Waals surface area contributed by atoms with E-state index in [0.717, 1.165) is 10.5 Å². The fourth-order valence-electron chi connectivity index (χ4n) is 3.50. The van der Waals surface area contributed by atoms with Gasteiger partial charge >= 0.3 is 11.8 Å². The Morgan fingerprint density at radius 1 is 1.13 bits per heavy atom. The minimum atomic E-state index is -0.535. The second-order valence-electron chi connectivity index (χ2n) is 9.44. The van der Waals surface area contributed by atoms with Gasteiger partial charge in [-0.2, -0.15) is 0 Å². The van der Waals surface area contributed by atoms with E-state index in [1.54, 1.807) is 18.2 Å². The third-order valence-electron chi connectivity index (χ3n) is 5.17. The topological polar surface area (TPSA) is 138 Å². The lowest BCUT2D eigenvalue weighted by Gasteiger charge is -2.19. The number of aromatic nitrogens is 2. The SMILES string of the molecule is COc1cc(C)c(-c2cc(Sc3cccc(OCCCNC(=O)OC(C)(C)C)c3)nc(N)n2)cc1[N+](=O)OC. The molecule has 3 rings (SSSR count). The van der Waals surface area contributed by atoms with Crippen molar-refractivity contribution < 1.29 is 28.8 Å². The third kappa shape index (κ3) is 8.74. The first kappa shape index (κ1) is 29.5. The Morgan fingerprint density at radius 2 is 1.90 bits per heavy atom. The average Bonchev–Trinajstić information content (AvgIpc) is 2.86. The molecule has 0 radical (unpaired) electrons. The van der Waals surface area contributed by atoms with Gasteiger partial charge < -0.3 is 25.3 Å². The number of methoxy groups -OCH3 is 1. The second-order valence-corrected chi connectivity index (χ2v) is 10.5. The summed E-state index contributed by atoms with van der Waals surface area (Å²) in [6.45, 7) is 8.20. The van der Waals surface area contributed by atoms with Crippen LogP contribution in [0.15, 0.2) is 52.4 Å². The molecule has 0 aliphatic heterocycles. The van der Waals surface area contributed by atoms with Gasteiger partial charge in [-0.05, 0) is 70.0 Å². The van der Waals surface area contributed by atoms with E-state index >= 15 is 0 Å². The lowest BCUT2D eigenvalue weighted by molar-refractivity contribution is -0.736. The molecule has 0 aliphatic rings. The Bertz CT molecular complexity index is 1330.